The molecule has 1 N–H and O–H groups in total. The van der Waals surface area contributed by atoms with E-state index in [1.807, 2.05) is 0 Å². The van der Waals surface area contributed by atoms with Crippen LogP contribution in [0.25, 0.3) is 0 Å². The van der Waals surface area contributed by atoms with E-state index in [2.05, 4.69) is 5.32 Å². The van der Waals surface area contributed by atoms with Crippen LogP contribution in [0.2, 0.25) is 0 Å². The van der Waals surface area contributed by atoms with Crippen LogP contribution in [0.5, 0.6) is 0 Å². The summed E-state index contributed by atoms with van der Waals surface area (Å²) in [5, 5.41) is 2.32. The minimum Gasteiger partial charge on any atom is -0.455 e. The lowest BCUT2D eigenvalue weighted by Gasteiger charge is -2.12. The highest BCUT2D eigenvalue weighted by Crippen LogP contribution is 2.64. The second-order valence-corrected chi connectivity index (χ2v) is 6.90. The van der Waals surface area contributed by atoms with Gasteiger partial charge in [0.25, 0.3) is 5.91 Å². The molecule has 1 aliphatic carbocycles. The minimum absolute atomic E-state index is 0.153. The molecule has 1 aromatic carbocycles. The average molecular weight is 370 g/mol. The second-order valence-electron chi connectivity index (χ2n) is 5.41. The van der Waals surface area contributed by atoms with Crippen LogP contribution < -0.4 is 5.32 Å². The summed E-state index contributed by atoms with van der Waals surface area (Å²) >= 11 is 11.6. The van der Waals surface area contributed by atoms with E-state index in [9.17, 15) is 22.8 Å². The lowest BCUT2D eigenvalue weighted by atomic mass is 10.1. The van der Waals surface area contributed by atoms with Gasteiger partial charge in [0.2, 0.25) is 0 Å². The SMILES string of the molecule is C[C@]1(C(=O)OCC(=O)Nc2ccc(C(F)(F)F)cc2)CC1(Cl)Cl. The van der Waals surface area contributed by atoms with Gasteiger partial charge in [-0.05, 0) is 31.2 Å². The Labute approximate surface area is 139 Å². The molecule has 1 atom stereocenters. The first kappa shape index (κ1) is 17.9. The zero-order chi connectivity index (χ0) is 17.5. The normalized spacial score (nSPS) is 22.3. The number of halogens is 5. The average Bonchev–Trinajstić information content (AvgIpc) is 2.96. The fourth-order valence-corrected chi connectivity index (χ4v) is 2.54. The van der Waals surface area contributed by atoms with Crippen molar-refractivity contribution in [3.8, 4) is 0 Å². The zero-order valence-corrected chi connectivity index (χ0v) is 13.4. The maximum atomic E-state index is 12.4. The molecule has 2 rings (SSSR count). The van der Waals surface area contributed by atoms with Crippen molar-refractivity contribution in [2.45, 2.75) is 23.9 Å². The molecule has 1 fully saturated rings. The number of alkyl halides is 5. The topological polar surface area (TPSA) is 55.4 Å². The Balaban J connectivity index is 1.85. The highest BCUT2D eigenvalue weighted by atomic mass is 35.5. The highest BCUT2D eigenvalue weighted by Gasteiger charge is 2.69. The number of carbonyl (C=O) groups excluding carboxylic acids is 2. The molecule has 9 heteroatoms. The van der Waals surface area contributed by atoms with Gasteiger partial charge in [-0.2, -0.15) is 13.2 Å². The first-order chi connectivity index (χ1) is 10.5. The number of ether oxygens (including phenoxy) is 1. The van der Waals surface area contributed by atoms with Crippen molar-refractivity contribution in [2.75, 3.05) is 11.9 Å². The van der Waals surface area contributed by atoms with Gasteiger partial charge in [-0.1, -0.05) is 0 Å². The fourth-order valence-electron chi connectivity index (χ4n) is 1.85. The van der Waals surface area contributed by atoms with Gasteiger partial charge in [-0.15, -0.1) is 23.2 Å². The predicted molar refractivity (Wildman–Crippen MR) is 78.2 cm³/mol. The molecule has 1 amide bonds. The van der Waals surface area contributed by atoms with E-state index in [0.717, 1.165) is 24.3 Å². The van der Waals surface area contributed by atoms with E-state index < -0.39 is 40.0 Å². The van der Waals surface area contributed by atoms with Crippen LogP contribution in [-0.2, 0) is 20.5 Å². The molecule has 0 aliphatic heterocycles. The lowest BCUT2D eigenvalue weighted by molar-refractivity contribution is -0.152. The summed E-state index contributed by atoms with van der Waals surface area (Å²) in [6.45, 7) is 0.933. The van der Waals surface area contributed by atoms with Crippen molar-refractivity contribution in [3.05, 3.63) is 29.8 Å². The van der Waals surface area contributed by atoms with E-state index in [0.29, 0.717) is 0 Å². The zero-order valence-electron chi connectivity index (χ0n) is 11.8. The van der Waals surface area contributed by atoms with E-state index in [1.54, 1.807) is 0 Å². The predicted octanol–water partition coefficient (Wildman–Crippen LogP) is 3.77. The van der Waals surface area contributed by atoms with Crippen LogP contribution in [-0.4, -0.2) is 22.8 Å². The number of nitrogens with one attached hydrogen (secondary N) is 1. The molecule has 1 aliphatic rings. The van der Waals surface area contributed by atoms with Crippen LogP contribution in [0.4, 0.5) is 18.9 Å². The number of hydrogen-bond donors (Lipinski definition) is 1. The van der Waals surface area contributed by atoms with E-state index in [-0.39, 0.29) is 12.1 Å². The molecule has 0 spiro atoms. The second kappa shape index (κ2) is 5.87. The third-order valence-corrected chi connectivity index (χ3v) is 4.64. The molecule has 23 heavy (non-hydrogen) atoms. The Morgan fingerprint density at radius 2 is 1.78 bits per heavy atom. The van der Waals surface area contributed by atoms with Crippen molar-refractivity contribution in [1.29, 1.82) is 0 Å². The van der Waals surface area contributed by atoms with Gasteiger partial charge in [0.15, 0.2) is 6.61 Å². The highest BCUT2D eigenvalue weighted by molar-refractivity contribution is 6.53. The molecule has 0 unspecified atom stereocenters. The van der Waals surface area contributed by atoms with Gasteiger partial charge in [-0.3, -0.25) is 9.59 Å². The largest absolute Gasteiger partial charge is 0.455 e. The van der Waals surface area contributed by atoms with Gasteiger partial charge in [-0.25, -0.2) is 0 Å². The van der Waals surface area contributed by atoms with Gasteiger partial charge < -0.3 is 10.1 Å². The Morgan fingerprint density at radius 1 is 1.26 bits per heavy atom. The molecule has 0 radical (unpaired) electrons. The van der Waals surface area contributed by atoms with Crippen molar-refractivity contribution in [1.82, 2.24) is 0 Å². The van der Waals surface area contributed by atoms with Gasteiger partial charge in [0.05, 0.1) is 5.56 Å². The molecule has 1 aromatic rings. The maximum absolute atomic E-state index is 12.4. The van der Waals surface area contributed by atoms with E-state index >= 15 is 0 Å². The van der Waals surface area contributed by atoms with Crippen molar-refractivity contribution >= 4 is 40.8 Å². The lowest BCUT2D eigenvalue weighted by Crippen LogP contribution is -2.26. The molecule has 126 valence electrons. The van der Waals surface area contributed by atoms with E-state index in [1.165, 1.54) is 6.92 Å². The van der Waals surface area contributed by atoms with Crippen molar-refractivity contribution < 1.29 is 27.5 Å². The first-order valence-corrected chi connectivity index (χ1v) is 7.23. The maximum Gasteiger partial charge on any atom is 0.416 e. The summed E-state index contributed by atoms with van der Waals surface area (Å²) in [5.74, 6) is -1.39. The smallest absolute Gasteiger partial charge is 0.416 e. The molecular formula is C14H12Cl2F3NO3. The van der Waals surface area contributed by atoms with Crippen LogP contribution in [0.1, 0.15) is 18.9 Å². The van der Waals surface area contributed by atoms with Crippen LogP contribution >= 0.6 is 23.2 Å². The number of carbonyl (C=O) groups is 2. The minimum atomic E-state index is -4.45. The number of amides is 1. The van der Waals surface area contributed by atoms with Gasteiger partial charge in [0.1, 0.15) is 9.75 Å². The Bertz CT molecular complexity index is 631. The van der Waals surface area contributed by atoms with Crippen molar-refractivity contribution in [3.63, 3.8) is 0 Å². The summed E-state index contributed by atoms with van der Waals surface area (Å²) in [6, 6.07) is 3.88. The van der Waals surface area contributed by atoms with E-state index in [4.69, 9.17) is 27.9 Å². The third kappa shape index (κ3) is 3.90. The molecule has 0 bridgehead atoms. The van der Waals surface area contributed by atoms with Crippen LogP contribution in [0.15, 0.2) is 24.3 Å². The Hall–Kier alpha value is -1.47. The van der Waals surface area contributed by atoms with Crippen LogP contribution in [0.3, 0.4) is 0 Å². The summed E-state index contributed by atoms with van der Waals surface area (Å²) in [5.41, 5.74) is -1.73. The Kier molecular flexibility index (Phi) is 4.56. The Morgan fingerprint density at radius 3 is 2.22 bits per heavy atom. The molecule has 0 aromatic heterocycles. The fraction of sp³-hybridized carbons (Fsp3) is 0.429. The number of rotatable bonds is 4. The number of hydrogen-bond acceptors (Lipinski definition) is 3. The third-order valence-electron chi connectivity index (χ3n) is 3.54. The number of esters is 1. The molecular weight excluding hydrogens is 358 g/mol. The van der Waals surface area contributed by atoms with Gasteiger partial charge >= 0.3 is 12.1 Å². The summed E-state index contributed by atoms with van der Waals surface area (Å²) in [4.78, 5) is 23.4. The molecule has 4 nitrogen and oxygen atoms in total. The van der Waals surface area contributed by atoms with Gasteiger partial charge in [0, 0.05) is 12.1 Å². The number of benzene rings is 1. The standard InChI is InChI=1S/C14H12Cl2F3NO3/c1-12(7-13(12,15)16)11(22)23-6-10(21)20-9-4-2-8(3-5-9)14(17,18)19/h2-5H,6-7H2,1H3,(H,20,21)/t12-/m1/s1. The first-order valence-electron chi connectivity index (χ1n) is 6.48. The molecule has 1 saturated carbocycles. The summed E-state index contributed by atoms with van der Waals surface area (Å²) < 4.78 is 40.8. The summed E-state index contributed by atoms with van der Waals surface area (Å²) in [6.07, 6.45) is -4.23. The van der Waals surface area contributed by atoms with Crippen LogP contribution in [0, 0.1) is 5.41 Å². The monoisotopic (exact) mass is 369 g/mol. The quantitative estimate of drug-likeness (QED) is 0.649. The molecule has 0 heterocycles. The number of anilines is 1. The van der Waals surface area contributed by atoms with Crippen molar-refractivity contribution in [2.24, 2.45) is 5.41 Å². The summed E-state index contributed by atoms with van der Waals surface area (Å²) in [7, 11) is 0. The molecule has 0 saturated heterocycles.